The molecular weight excluding hydrogens is 347 g/mol. The molecule has 0 saturated carbocycles. The van der Waals surface area contributed by atoms with Crippen molar-refractivity contribution in [1.82, 2.24) is 9.55 Å². The topological polar surface area (TPSA) is 34.9 Å². The summed E-state index contributed by atoms with van der Waals surface area (Å²) in [6.07, 6.45) is 0. The molecule has 4 aromatic rings. The highest BCUT2D eigenvalue weighted by atomic mass is 32.2. The molecule has 26 heavy (non-hydrogen) atoms. The van der Waals surface area contributed by atoms with Gasteiger partial charge in [0.05, 0.1) is 16.6 Å². The predicted octanol–water partition coefficient (Wildman–Crippen LogP) is 4.82. The van der Waals surface area contributed by atoms with Crippen LogP contribution in [0.15, 0.2) is 88.8 Å². The molecule has 0 aliphatic rings. The number of hydrogen-bond donors (Lipinski definition) is 0. The molecule has 0 atom stereocenters. The van der Waals surface area contributed by atoms with E-state index in [1.807, 2.05) is 42.5 Å². The van der Waals surface area contributed by atoms with Crippen molar-refractivity contribution < 1.29 is 4.39 Å². The van der Waals surface area contributed by atoms with E-state index in [4.69, 9.17) is 0 Å². The van der Waals surface area contributed by atoms with Gasteiger partial charge in [0.15, 0.2) is 5.16 Å². The molecule has 5 heteroatoms. The second-order valence-corrected chi connectivity index (χ2v) is 6.75. The summed E-state index contributed by atoms with van der Waals surface area (Å²) in [5.74, 6) is 0.280. The van der Waals surface area contributed by atoms with Crippen LogP contribution in [0.2, 0.25) is 0 Å². The number of para-hydroxylation sites is 1. The Balaban J connectivity index is 1.86. The summed E-state index contributed by atoms with van der Waals surface area (Å²) in [6.45, 7) is 0. The van der Waals surface area contributed by atoms with Crippen molar-refractivity contribution in [3.63, 3.8) is 0 Å². The highest BCUT2D eigenvalue weighted by Crippen LogP contribution is 2.24. The number of benzene rings is 3. The van der Waals surface area contributed by atoms with Crippen molar-refractivity contribution in [3.05, 3.63) is 101 Å². The van der Waals surface area contributed by atoms with Gasteiger partial charge < -0.3 is 0 Å². The van der Waals surface area contributed by atoms with Crippen LogP contribution < -0.4 is 5.56 Å². The molecule has 128 valence electrons. The maximum atomic E-state index is 13.7. The van der Waals surface area contributed by atoms with Crippen molar-refractivity contribution >= 4 is 22.7 Å². The lowest BCUT2D eigenvalue weighted by Crippen LogP contribution is -2.21. The number of hydrogen-bond acceptors (Lipinski definition) is 3. The molecular formula is C21H15FN2OS. The largest absolute Gasteiger partial charge is 0.268 e. The zero-order chi connectivity index (χ0) is 17.9. The van der Waals surface area contributed by atoms with Crippen LogP contribution >= 0.6 is 11.8 Å². The molecule has 3 aromatic carbocycles. The average Bonchev–Trinajstić information content (AvgIpc) is 2.67. The van der Waals surface area contributed by atoms with E-state index in [2.05, 4.69) is 4.98 Å². The number of nitrogens with zero attached hydrogens (tertiary/aromatic N) is 2. The lowest BCUT2D eigenvalue weighted by molar-refractivity contribution is 0.625. The Morgan fingerprint density at radius 2 is 1.69 bits per heavy atom. The van der Waals surface area contributed by atoms with Gasteiger partial charge in [-0.05, 0) is 35.9 Å². The van der Waals surface area contributed by atoms with E-state index in [1.54, 1.807) is 24.3 Å². The van der Waals surface area contributed by atoms with Crippen molar-refractivity contribution in [2.75, 3.05) is 0 Å². The molecule has 0 amide bonds. The van der Waals surface area contributed by atoms with Crippen LogP contribution in [0.1, 0.15) is 5.56 Å². The van der Waals surface area contributed by atoms with Crippen molar-refractivity contribution in [2.45, 2.75) is 10.9 Å². The number of halogens is 1. The van der Waals surface area contributed by atoms with Crippen LogP contribution in [-0.4, -0.2) is 9.55 Å². The first-order chi connectivity index (χ1) is 12.7. The normalized spacial score (nSPS) is 11.0. The summed E-state index contributed by atoms with van der Waals surface area (Å²) < 4.78 is 15.2. The van der Waals surface area contributed by atoms with Crippen molar-refractivity contribution in [1.29, 1.82) is 0 Å². The molecule has 1 heterocycles. The molecule has 0 fully saturated rings. The van der Waals surface area contributed by atoms with Gasteiger partial charge in [-0.2, -0.15) is 0 Å². The third kappa shape index (κ3) is 3.26. The number of rotatable bonds is 4. The maximum absolute atomic E-state index is 13.7. The molecule has 0 spiro atoms. The van der Waals surface area contributed by atoms with Crippen molar-refractivity contribution in [3.8, 4) is 5.69 Å². The molecule has 0 aliphatic carbocycles. The van der Waals surface area contributed by atoms with Gasteiger partial charge in [0, 0.05) is 5.75 Å². The van der Waals surface area contributed by atoms with Crippen molar-refractivity contribution in [2.24, 2.45) is 0 Å². The first kappa shape index (κ1) is 16.5. The summed E-state index contributed by atoms with van der Waals surface area (Å²) >= 11 is 1.46. The van der Waals surface area contributed by atoms with Gasteiger partial charge >= 0.3 is 0 Å². The predicted molar refractivity (Wildman–Crippen MR) is 103 cm³/mol. The monoisotopic (exact) mass is 362 g/mol. The van der Waals surface area contributed by atoms with E-state index >= 15 is 0 Å². The van der Waals surface area contributed by atoms with Crippen LogP contribution in [0.4, 0.5) is 4.39 Å². The fraction of sp³-hybridized carbons (Fsp3) is 0.0476. The Morgan fingerprint density at radius 3 is 2.50 bits per heavy atom. The molecule has 1 aromatic heterocycles. The van der Waals surface area contributed by atoms with E-state index in [0.29, 0.717) is 27.5 Å². The third-order valence-electron chi connectivity index (χ3n) is 4.02. The highest BCUT2D eigenvalue weighted by Gasteiger charge is 2.13. The fourth-order valence-electron chi connectivity index (χ4n) is 2.77. The highest BCUT2D eigenvalue weighted by molar-refractivity contribution is 7.98. The first-order valence-electron chi connectivity index (χ1n) is 8.17. The molecule has 0 unspecified atom stereocenters. The van der Waals surface area contributed by atoms with Gasteiger partial charge in [-0.15, -0.1) is 0 Å². The zero-order valence-electron chi connectivity index (χ0n) is 13.8. The Bertz CT molecular complexity index is 1130. The SMILES string of the molecule is O=c1c2ccccc2nc(SCc2ccccc2)n1-c1cccc(F)c1. The molecule has 0 saturated heterocycles. The summed E-state index contributed by atoms with van der Waals surface area (Å²) in [4.78, 5) is 17.7. The van der Waals surface area contributed by atoms with Crippen LogP contribution in [0.25, 0.3) is 16.6 Å². The quantitative estimate of drug-likeness (QED) is 0.386. The number of fused-ring (bicyclic) bond motifs is 1. The second-order valence-electron chi connectivity index (χ2n) is 5.81. The van der Waals surface area contributed by atoms with Gasteiger partial charge in [-0.25, -0.2) is 9.37 Å². The van der Waals surface area contributed by atoms with Gasteiger partial charge in [0.25, 0.3) is 5.56 Å². The minimum absolute atomic E-state index is 0.197. The number of aromatic nitrogens is 2. The zero-order valence-corrected chi connectivity index (χ0v) is 14.6. The van der Waals surface area contributed by atoms with Gasteiger partial charge in [0.2, 0.25) is 0 Å². The van der Waals surface area contributed by atoms with Gasteiger partial charge in [-0.3, -0.25) is 9.36 Å². The minimum atomic E-state index is -0.387. The Labute approximate surface area is 154 Å². The molecule has 0 N–H and O–H groups in total. The lowest BCUT2D eigenvalue weighted by atomic mass is 10.2. The maximum Gasteiger partial charge on any atom is 0.266 e. The van der Waals surface area contributed by atoms with Gasteiger partial charge in [0.1, 0.15) is 5.82 Å². The van der Waals surface area contributed by atoms with Crippen LogP contribution in [0.5, 0.6) is 0 Å². The molecule has 0 aliphatic heterocycles. The fourth-order valence-corrected chi connectivity index (χ4v) is 3.74. The summed E-state index contributed by atoms with van der Waals surface area (Å²) in [5, 5.41) is 1.06. The second kappa shape index (κ2) is 7.14. The van der Waals surface area contributed by atoms with Crippen LogP contribution in [-0.2, 0) is 5.75 Å². The van der Waals surface area contributed by atoms with Crippen LogP contribution in [0.3, 0.4) is 0 Å². The van der Waals surface area contributed by atoms with E-state index in [1.165, 1.54) is 28.5 Å². The number of thioether (sulfide) groups is 1. The molecule has 0 radical (unpaired) electrons. The van der Waals surface area contributed by atoms with E-state index < -0.39 is 0 Å². The van der Waals surface area contributed by atoms with E-state index in [0.717, 1.165) is 5.56 Å². The molecule has 3 nitrogen and oxygen atoms in total. The first-order valence-corrected chi connectivity index (χ1v) is 9.15. The van der Waals surface area contributed by atoms with Gasteiger partial charge in [-0.1, -0.05) is 60.3 Å². The Kier molecular flexibility index (Phi) is 4.54. The summed E-state index contributed by atoms with van der Waals surface area (Å²) in [7, 11) is 0. The standard InChI is InChI=1S/C21H15FN2OS/c22-16-9-6-10-17(13-16)24-20(25)18-11-4-5-12-19(18)23-21(24)26-14-15-7-2-1-3-8-15/h1-13H,14H2. The lowest BCUT2D eigenvalue weighted by Gasteiger charge is -2.13. The smallest absolute Gasteiger partial charge is 0.266 e. The average molecular weight is 362 g/mol. The molecule has 0 bridgehead atoms. The summed E-state index contributed by atoms with van der Waals surface area (Å²) in [6, 6.07) is 23.2. The molecule has 4 rings (SSSR count). The van der Waals surface area contributed by atoms with Crippen LogP contribution in [0, 0.1) is 5.82 Å². The minimum Gasteiger partial charge on any atom is -0.268 e. The Morgan fingerprint density at radius 1 is 0.923 bits per heavy atom. The Hall–Kier alpha value is -2.92. The summed E-state index contributed by atoms with van der Waals surface area (Å²) in [5.41, 5.74) is 2.05. The third-order valence-corrected chi connectivity index (χ3v) is 5.03. The van der Waals surface area contributed by atoms with E-state index in [9.17, 15) is 9.18 Å². The van der Waals surface area contributed by atoms with E-state index in [-0.39, 0.29) is 11.4 Å².